The Balaban J connectivity index is 1.28. The van der Waals surface area contributed by atoms with Crippen LogP contribution in [0.1, 0.15) is 11.1 Å². The van der Waals surface area contributed by atoms with E-state index in [1.807, 2.05) is 48.5 Å². The van der Waals surface area contributed by atoms with Crippen LogP contribution in [-0.4, -0.2) is 17.7 Å². The zero-order valence-corrected chi connectivity index (χ0v) is 14.9. The molecule has 6 nitrogen and oxygen atoms in total. The van der Waals surface area contributed by atoms with Gasteiger partial charge in [0, 0.05) is 12.3 Å². The van der Waals surface area contributed by atoms with Crippen LogP contribution in [0.15, 0.2) is 73.1 Å². The zero-order valence-electron chi connectivity index (χ0n) is 14.9. The van der Waals surface area contributed by atoms with Gasteiger partial charge in [-0.1, -0.05) is 18.2 Å². The fraction of sp³-hybridized carbons (Fsp3) is 0.0909. The quantitative estimate of drug-likeness (QED) is 0.471. The van der Waals surface area contributed by atoms with E-state index in [0.29, 0.717) is 23.0 Å². The van der Waals surface area contributed by atoms with E-state index >= 15 is 0 Å². The molecular weight excluding hydrogens is 358 g/mol. The molecule has 0 saturated heterocycles. The fourth-order valence-electron chi connectivity index (χ4n) is 2.58. The molecule has 0 unspecified atom stereocenters. The summed E-state index contributed by atoms with van der Waals surface area (Å²) >= 11 is 0. The summed E-state index contributed by atoms with van der Waals surface area (Å²) < 4.78 is 21.5. The fourth-order valence-corrected chi connectivity index (χ4v) is 2.58. The molecule has 0 amide bonds. The minimum absolute atomic E-state index is 0.178. The number of aromatic nitrogens is 1. The van der Waals surface area contributed by atoms with Gasteiger partial charge >= 0.3 is 5.97 Å². The smallest absolute Gasteiger partial charge is 0.331 e. The average Bonchev–Trinajstić information content (AvgIpc) is 3.20. The number of nitrogens with zero attached hydrogens (tertiary/aromatic N) is 1. The van der Waals surface area contributed by atoms with Gasteiger partial charge in [-0.3, -0.25) is 4.98 Å². The number of carbonyl (C=O) groups excluding carboxylic acids is 1. The van der Waals surface area contributed by atoms with Gasteiger partial charge in [0.15, 0.2) is 11.5 Å². The second kappa shape index (κ2) is 8.26. The molecule has 140 valence electrons. The first kappa shape index (κ1) is 17.6. The van der Waals surface area contributed by atoms with E-state index < -0.39 is 5.97 Å². The Hall–Kier alpha value is -3.80. The number of esters is 1. The third kappa shape index (κ3) is 4.48. The molecule has 0 aliphatic carbocycles. The van der Waals surface area contributed by atoms with Crippen molar-refractivity contribution in [2.24, 2.45) is 0 Å². The van der Waals surface area contributed by atoms with Gasteiger partial charge in [-0.15, -0.1) is 0 Å². The van der Waals surface area contributed by atoms with Crippen molar-refractivity contribution in [3.05, 3.63) is 84.2 Å². The molecule has 28 heavy (non-hydrogen) atoms. The van der Waals surface area contributed by atoms with Crippen molar-refractivity contribution in [3.8, 4) is 23.0 Å². The average molecular weight is 375 g/mol. The molecule has 0 spiro atoms. The molecule has 6 heteroatoms. The third-order valence-electron chi connectivity index (χ3n) is 3.98. The highest BCUT2D eigenvalue weighted by atomic mass is 16.7. The van der Waals surface area contributed by atoms with Gasteiger partial charge in [0.2, 0.25) is 6.79 Å². The molecule has 3 aromatic rings. The van der Waals surface area contributed by atoms with Crippen LogP contribution in [-0.2, 0) is 16.1 Å². The zero-order chi connectivity index (χ0) is 19.2. The Morgan fingerprint density at radius 1 is 1.04 bits per heavy atom. The highest BCUT2D eigenvalue weighted by Gasteiger charge is 2.12. The van der Waals surface area contributed by atoms with Crippen LogP contribution in [0.4, 0.5) is 0 Å². The van der Waals surface area contributed by atoms with Crippen LogP contribution in [0.2, 0.25) is 0 Å². The summed E-state index contributed by atoms with van der Waals surface area (Å²) in [5, 5.41) is 0. The Morgan fingerprint density at radius 3 is 2.71 bits per heavy atom. The minimum Gasteiger partial charge on any atom is -0.458 e. The second-order valence-corrected chi connectivity index (χ2v) is 5.99. The van der Waals surface area contributed by atoms with Gasteiger partial charge in [-0.2, -0.15) is 0 Å². The summed E-state index contributed by atoms with van der Waals surface area (Å²) in [6.45, 7) is 0.397. The van der Waals surface area contributed by atoms with Crippen LogP contribution >= 0.6 is 0 Å². The first-order chi connectivity index (χ1) is 13.8. The van der Waals surface area contributed by atoms with E-state index in [4.69, 9.17) is 18.9 Å². The number of carbonyl (C=O) groups is 1. The number of hydrogen-bond donors (Lipinski definition) is 0. The van der Waals surface area contributed by atoms with E-state index in [1.54, 1.807) is 24.5 Å². The first-order valence-corrected chi connectivity index (χ1v) is 8.67. The number of hydrogen-bond acceptors (Lipinski definition) is 6. The van der Waals surface area contributed by atoms with Crippen LogP contribution in [0, 0.1) is 0 Å². The number of ether oxygens (including phenoxy) is 4. The van der Waals surface area contributed by atoms with Crippen molar-refractivity contribution in [2.75, 3.05) is 6.79 Å². The second-order valence-electron chi connectivity index (χ2n) is 5.99. The van der Waals surface area contributed by atoms with E-state index in [2.05, 4.69) is 4.98 Å². The number of pyridine rings is 1. The molecule has 1 aliphatic heterocycles. The molecular formula is C22H17NO5. The van der Waals surface area contributed by atoms with Gasteiger partial charge in [-0.25, -0.2) is 4.79 Å². The molecule has 0 bridgehead atoms. The van der Waals surface area contributed by atoms with Gasteiger partial charge < -0.3 is 18.9 Å². The largest absolute Gasteiger partial charge is 0.458 e. The molecule has 0 atom stereocenters. The molecule has 2 aromatic carbocycles. The number of fused-ring (bicyclic) bond motifs is 1. The summed E-state index contributed by atoms with van der Waals surface area (Å²) in [6.07, 6.45) is 6.39. The molecule has 1 aromatic heterocycles. The summed E-state index contributed by atoms with van der Waals surface area (Å²) in [4.78, 5) is 15.9. The van der Waals surface area contributed by atoms with Crippen molar-refractivity contribution < 1.29 is 23.7 Å². The molecule has 4 rings (SSSR count). The Kier molecular flexibility index (Phi) is 5.20. The van der Waals surface area contributed by atoms with Crippen LogP contribution in [0.3, 0.4) is 0 Å². The first-order valence-electron chi connectivity index (χ1n) is 8.67. The van der Waals surface area contributed by atoms with Crippen molar-refractivity contribution in [2.45, 2.75) is 6.61 Å². The van der Waals surface area contributed by atoms with Gasteiger partial charge in [0.05, 0.1) is 6.20 Å². The lowest BCUT2D eigenvalue weighted by Gasteiger charge is -2.06. The number of rotatable bonds is 6. The Labute approximate surface area is 162 Å². The summed E-state index contributed by atoms with van der Waals surface area (Å²) in [6, 6.07) is 16.4. The SMILES string of the molecule is O=C(/C=C/c1ccc2c(c1)OCO2)OCc1ccc(Oc2cccnc2)cc1. The van der Waals surface area contributed by atoms with Crippen molar-refractivity contribution >= 4 is 12.0 Å². The summed E-state index contributed by atoms with van der Waals surface area (Å²) in [5.74, 6) is 2.30. The van der Waals surface area contributed by atoms with E-state index in [-0.39, 0.29) is 13.4 Å². The van der Waals surface area contributed by atoms with Gasteiger partial charge in [0.25, 0.3) is 0 Å². The summed E-state index contributed by atoms with van der Waals surface area (Å²) in [5.41, 5.74) is 1.70. The van der Waals surface area contributed by atoms with Crippen LogP contribution in [0.5, 0.6) is 23.0 Å². The summed E-state index contributed by atoms with van der Waals surface area (Å²) in [7, 11) is 0. The minimum atomic E-state index is -0.423. The number of benzene rings is 2. The van der Waals surface area contributed by atoms with E-state index in [9.17, 15) is 4.79 Å². The Bertz CT molecular complexity index is 984. The topological polar surface area (TPSA) is 66.9 Å². The van der Waals surface area contributed by atoms with Crippen LogP contribution in [0.25, 0.3) is 6.08 Å². The lowest BCUT2D eigenvalue weighted by atomic mass is 10.2. The maximum Gasteiger partial charge on any atom is 0.331 e. The molecule has 0 radical (unpaired) electrons. The molecule has 1 aliphatic rings. The van der Waals surface area contributed by atoms with Crippen LogP contribution < -0.4 is 14.2 Å². The van der Waals surface area contributed by atoms with Gasteiger partial charge in [-0.05, 0) is 53.6 Å². The van der Waals surface area contributed by atoms with Crippen molar-refractivity contribution in [3.63, 3.8) is 0 Å². The van der Waals surface area contributed by atoms with E-state index in [1.165, 1.54) is 6.08 Å². The maximum atomic E-state index is 11.9. The van der Waals surface area contributed by atoms with Gasteiger partial charge in [0.1, 0.15) is 18.1 Å². The predicted molar refractivity (Wildman–Crippen MR) is 102 cm³/mol. The standard InChI is InChI=1S/C22H17NO5/c24-22(10-6-16-5-9-20-21(12-16)27-15-26-20)25-14-17-3-7-18(8-4-17)28-19-2-1-11-23-13-19/h1-13H,14-15H2/b10-6+. The van der Waals surface area contributed by atoms with E-state index in [0.717, 1.165) is 11.1 Å². The van der Waals surface area contributed by atoms with Crippen molar-refractivity contribution in [1.82, 2.24) is 4.98 Å². The molecule has 0 fully saturated rings. The normalized spacial score (nSPS) is 12.1. The Morgan fingerprint density at radius 2 is 1.89 bits per heavy atom. The predicted octanol–water partition coefficient (Wildman–Crippen LogP) is 4.36. The highest BCUT2D eigenvalue weighted by molar-refractivity contribution is 5.87. The monoisotopic (exact) mass is 375 g/mol. The lowest BCUT2D eigenvalue weighted by molar-refractivity contribution is -0.138. The molecule has 0 N–H and O–H groups in total. The molecule has 0 saturated carbocycles. The third-order valence-corrected chi connectivity index (χ3v) is 3.98. The highest BCUT2D eigenvalue weighted by Crippen LogP contribution is 2.32. The van der Waals surface area contributed by atoms with Crippen molar-refractivity contribution in [1.29, 1.82) is 0 Å². The lowest BCUT2D eigenvalue weighted by Crippen LogP contribution is -2.00. The molecule has 2 heterocycles. The maximum absolute atomic E-state index is 11.9.